The van der Waals surface area contributed by atoms with Crippen LogP contribution in [0.3, 0.4) is 0 Å². The van der Waals surface area contributed by atoms with Crippen molar-refractivity contribution in [2.24, 2.45) is 0 Å². The van der Waals surface area contributed by atoms with Crippen molar-refractivity contribution in [1.29, 1.82) is 0 Å². The molecule has 1 aromatic heterocycles. The molecule has 0 unspecified atom stereocenters. The summed E-state index contributed by atoms with van der Waals surface area (Å²) in [6, 6.07) is 12.3. The molecule has 3 heterocycles. The lowest BCUT2D eigenvalue weighted by molar-refractivity contribution is 0.0512. The van der Waals surface area contributed by atoms with Crippen LogP contribution in [0.25, 0.3) is 0 Å². The van der Waals surface area contributed by atoms with Gasteiger partial charge in [-0.2, -0.15) is 0 Å². The number of benzene rings is 1. The van der Waals surface area contributed by atoms with Crippen LogP contribution in [0.5, 0.6) is 0 Å². The van der Waals surface area contributed by atoms with Crippen molar-refractivity contribution >= 4 is 5.91 Å². The van der Waals surface area contributed by atoms with E-state index in [1.807, 2.05) is 12.1 Å². The molecule has 4 rings (SSSR count). The van der Waals surface area contributed by atoms with Crippen LogP contribution in [-0.2, 0) is 6.54 Å². The SMILES string of the molecule is O=C(c1cc([C@H]2CCCN(Cc3ccccc3)C2)no1)N1CCC(O)CC1. The first kappa shape index (κ1) is 18.2. The number of hydrogen-bond donors (Lipinski definition) is 1. The maximum absolute atomic E-state index is 12.6. The molecule has 1 aromatic carbocycles. The molecular formula is C21H27N3O3. The lowest BCUT2D eigenvalue weighted by atomic mass is 9.94. The summed E-state index contributed by atoms with van der Waals surface area (Å²) >= 11 is 0. The summed E-state index contributed by atoms with van der Waals surface area (Å²) in [6.07, 6.45) is 3.16. The Morgan fingerprint density at radius 3 is 2.70 bits per heavy atom. The first-order valence-electron chi connectivity index (χ1n) is 9.89. The maximum Gasteiger partial charge on any atom is 0.292 e. The summed E-state index contributed by atoms with van der Waals surface area (Å²) in [5, 5.41) is 13.8. The fourth-order valence-corrected chi connectivity index (χ4v) is 4.09. The Morgan fingerprint density at radius 1 is 1.15 bits per heavy atom. The van der Waals surface area contributed by atoms with Crippen LogP contribution in [0.4, 0.5) is 0 Å². The summed E-state index contributed by atoms with van der Waals surface area (Å²) in [4.78, 5) is 16.8. The average Bonchev–Trinajstić information content (AvgIpc) is 3.19. The van der Waals surface area contributed by atoms with Crippen LogP contribution in [0.15, 0.2) is 40.9 Å². The smallest absolute Gasteiger partial charge is 0.292 e. The Balaban J connectivity index is 1.38. The van der Waals surface area contributed by atoms with E-state index >= 15 is 0 Å². The topological polar surface area (TPSA) is 69.8 Å². The van der Waals surface area contributed by atoms with Crippen LogP contribution in [-0.4, -0.2) is 58.3 Å². The molecule has 1 atom stereocenters. The number of aliphatic hydroxyl groups excluding tert-OH is 1. The third-order valence-corrected chi connectivity index (χ3v) is 5.66. The van der Waals surface area contributed by atoms with Crippen LogP contribution in [0.1, 0.15) is 53.4 Å². The molecule has 2 saturated heterocycles. The number of nitrogens with zero attached hydrogens (tertiary/aromatic N) is 3. The van der Waals surface area contributed by atoms with E-state index in [1.165, 1.54) is 5.56 Å². The zero-order valence-corrected chi connectivity index (χ0v) is 15.6. The van der Waals surface area contributed by atoms with Gasteiger partial charge in [0.1, 0.15) is 0 Å². The number of piperidine rings is 2. The Hall–Kier alpha value is -2.18. The van der Waals surface area contributed by atoms with Crippen LogP contribution >= 0.6 is 0 Å². The zero-order valence-electron chi connectivity index (χ0n) is 15.6. The molecule has 6 nitrogen and oxygen atoms in total. The Morgan fingerprint density at radius 2 is 1.93 bits per heavy atom. The Bertz CT molecular complexity index is 753. The quantitative estimate of drug-likeness (QED) is 0.897. The highest BCUT2D eigenvalue weighted by Gasteiger charge is 2.28. The number of rotatable bonds is 4. The third kappa shape index (κ3) is 4.39. The minimum absolute atomic E-state index is 0.113. The van der Waals surface area contributed by atoms with Gasteiger partial charge in [0.05, 0.1) is 11.8 Å². The molecule has 2 aliphatic rings. The highest BCUT2D eigenvalue weighted by atomic mass is 16.5. The fourth-order valence-electron chi connectivity index (χ4n) is 4.09. The van der Waals surface area contributed by atoms with Gasteiger partial charge >= 0.3 is 0 Å². The van der Waals surface area contributed by atoms with E-state index in [-0.39, 0.29) is 12.0 Å². The van der Waals surface area contributed by atoms with Gasteiger partial charge in [0.25, 0.3) is 5.91 Å². The van der Waals surface area contributed by atoms with Gasteiger partial charge in [0.15, 0.2) is 0 Å². The second-order valence-electron chi connectivity index (χ2n) is 7.70. The highest BCUT2D eigenvalue weighted by molar-refractivity contribution is 5.91. The zero-order chi connectivity index (χ0) is 18.6. The van der Waals surface area contributed by atoms with E-state index in [2.05, 4.69) is 34.3 Å². The van der Waals surface area contributed by atoms with Crippen molar-refractivity contribution in [3.63, 3.8) is 0 Å². The van der Waals surface area contributed by atoms with Gasteiger partial charge in [-0.15, -0.1) is 0 Å². The van der Waals surface area contributed by atoms with Crippen LogP contribution in [0, 0.1) is 0 Å². The minimum Gasteiger partial charge on any atom is -0.393 e. The fraction of sp³-hybridized carbons (Fsp3) is 0.524. The third-order valence-electron chi connectivity index (χ3n) is 5.66. The normalized spacial score (nSPS) is 22.1. The molecule has 1 amide bonds. The van der Waals surface area contributed by atoms with Crippen molar-refractivity contribution in [3.05, 3.63) is 53.4 Å². The molecule has 0 radical (unpaired) electrons. The maximum atomic E-state index is 12.6. The van der Waals surface area contributed by atoms with E-state index in [1.54, 1.807) is 4.90 Å². The standard InChI is InChI=1S/C21H27N3O3/c25-18-8-11-24(12-9-18)21(26)20-13-19(22-27-20)17-7-4-10-23(15-17)14-16-5-2-1-3-6-16/h1-3,5-6,13,17-18,25H,4,7-12,14-15H2/t17-/m0/s1. The lowest BCUT2D eigenvalue weighted by Crippen LogP contribution is -2.39. The second-order valence-corrected chi connectivity index (χ2v) is 7.70. The summed E-state index contributed by atoms with van der Waals surface area (Å²) in [6.45, 7) is 4.11. The van der Waals surface area contributed by atoms with Gasteiger partial charge in [-0.05, 0) is 37.8 Å². The predicted octanol–water partition coefficient (Wildman–Crippen LogP) is 2.65. The van der Waals surface area contributed by atoms with Gasteiger partial charge < -0.3 is 14.5 Å². The predicted molar refractivity (Wildman–Crippen MR) is 101 cm³/mol. The molecule has 27 heavy (non-hydrogen) atoms. The number of aromatic nitrogens is 1. The van der Waals surface area contributed by atoms with Gasteiger partial charge in [0, 0.05) is 38.2 Å². The van der Waals surface area contributed by atoms with E-state index in [0.717, 1.165) is 38.2 Å². The number of amides is 1. The van der Waals surface area contributed by atoms with Gasteiger partial charge in [-0.25, -0.2) is 0 Å². The summed E-state index contributed by atoms with van der Waals surface area (Å²) in [5.74, 6) is 0.509. The van der Waals surface area contributed by atoms with Crippen LogP contribution < -0.4 is 0 Å². The molecule has 0 saturated carbocycles. The van der Waals surface area contributed by atoms with Crippen molar-refractivity contribution < 1.29 is 14.4 Å². The van der Waals surface area contributed by atoms with E-state index in [4.69, 9.17) is 4.52 Å². The molecule has 1 N–H and O–H groups in total. The molecule has 2 aromatic rings. The van der Waals surface area contributed by atoms with E-state index in [0.29, 0.717) is 37.6 Å². The molecular weight excluding hydrogens is 342 g/mol. The van der Waals surface area contributed by atoms with Gasteiger partial charge in [-0.3, -0.25) is 9.69 Å². The molecule has 2 fully saturated rings. The molecule has 6 heteroatoms. The summed E-state index contributed by atoms with van der Waals surface area (Å²) in [7, 11) is 0. The summed E-state index contributed by atoms with van der Waals surface area (Å²) < 4.78 is 5.39. The number of carbonyl (C=O) groups is 1. The molecule has 0 bridgehead atoms. The number of carbonyl (C=O) groups excluding carboxylic acids is 1. The lowest BCUT2D eigenvalue weighted by Gasteiger charge is -2.31. The van der Waals surface area contributed by atoms with Gasteiger partial charge in [0.2, 0.25) is 5.76 Å². The van der Waals surface area contributed by atoms with Crippen LogP contribution in [0.2, 0.25) is 0 Å². The molecule has 0 aliphatic carbocycles. The van der Waals surface area contributed by atoms with Crippen molar-refractivity contribution in [1.82, 2.24) is 15.0 Å². The Labute approximate surface area is 159 Å². The average molecular weight is 369 g/mol. The van der Waals surface area contributed by atoms with Gasteiger partial charge in [-0.1, -0.05) is 35.5 Å². The largest absolute Gasteiger partial charge is 0.393 e. The highest BCUT2D eigenvalue weighted by Crippen LogP contribution is 2.28. The van der Waals surface area contributed by atoms with Crippen molar-refractivity contribution in [2.45, 2.75) is 44.2 Å². The summed E-state index contributed by atoms with van der Waals surface area (Å²) in [5.41, 5.74) is 2.20. The first-order chi connectivity index (χ1) is 13.2. The van der Waals surface area contributed by atoms with E-state index < -0.39 is 0 Å². The number of likely N-dealkylation sites (tertiary alicyclic amines) is 2. The Kier molecular flexibility index (Phi) is 5.55. The monoisotopic (exact) mass is 369 g/mol. The second kappa shape index (κ2) is 8.23. The van der Waals surface area contributed by atoms with Crippen molar-refractivity contribution in [2.75, 3.05) is 26.2 Å². The number of aliphatic hydroxyl groups is 1. The molecule has 2 aliphatic heterocycles. The van der Waals surface area contributed by atoms with E-state index in [9.17, 15) is 9.90 Å². The molecule has 144 valence electrons. The van der Waals surface area contributed by atoms with Crippen molar-refractivity contribution in [3.8, 4) is 0 Å². The first-order valence-corrected chi connectivity index (χ1v) is 9.89. The number of hydrogen-bond acceptors (Lipinski definition) is 5. The minimum atomic E-state index is -0.294. The molecule has 0 spiro atoms.